The van der Waals surface area contributed by atoms with Crippen molar-refractivity contribution >= 4 is 0 Å². The van der Waals surface area contributed by atoms with Crippen LogP contribution < -0.4 is 5.32 Å². The highest BCUT2D eigenvalue weighted by molar-refractivity contribution is 5.15. The van der Waals surface area contributed by atoms with E-state index in [1.54, 1.807) is 0 Å². The SMILES string of the molecule is C#CCNC(C#N)(CC)C1CC1. The second-order valence-corrected chi connectivity index (χ2v) is 3.27. The molecule has 1 N–H and O–H groups in total. The molecule has 2 heteroatoms. The fourth-order valence-corrected chi connectivity index (χ4v) is 1.55. The topological polar surface area (TPSA) is 35.8 Å². The quantitative estimate of drug-likeness (QED) is 0.632. The standard InChI is InChI=1S/C10H14N2/c1-3-7-12-10(4-2,8-11)9-5-6-9/h1,9,12H,4-7H2,2H3. The van der Waals surface area contributed by atoms with Crippen molar-refractivity contribution in [3.63, 3.8) is 0 Å². The summed E-state index contributed by atoms with van der Waals surface area (Å²) in [7, 11) is 0. The van der Waals surface area contributed by atoms with Gasteiger partial charge in [0.15, 0.2) is 0 Å². The van der Waals surface area contributed by atoms with Crippen molar-refractivity contribution in [2.45, 2.75) is 31.7 Å². The first-order chi connectivity index (χ1) is 5.79. The molecule has 1 atom stereocenters. The average Bonchev–Trinajstić information content (AvgIpc) is 2.91. The van der Waals surface area contributed by atoms with E-state index in [-0.39, 0.29) is 5.54 Å². The van der Waals surface area contributed by atoms with E-state index in [1.165, 1.54) is 12.8 Å². The van der Waals surface area contributed by atoms with Crippen LogP contribution in [0.1, 0.15) is 26.2 Å². The van der Waals surface area contributed by atoms with E-state index in [4.69, 9.17) is 11.7 Å². The van der Waals surface area contributed by atoms with Crippen molar-refractivity contribution in [1.29, 1.82) is 5.26 Å². The molecule has 0 aromatic heterocycles. The van der Waals surface area contributed by atoms with Crippen LogP contribution in [-0.4, -0.2) is 12.1 Å². The summed E-state index contributed by atoms with van der Waals surface area (Å²) >= 11 is 0. The fourth-order valence-electron chi connectivity index (χ4n) is 1.55. The van der Waals surface area contributed by atoms with Gasteiger partial charge in [0.25, 0.3) is 0 Å². The summed E-state index contributed by atoms with van der Waals surface area (Å²) < 4.78 is 0. The molecular weight excluding hydrogens is 148 g/mol. The van der Waals surface area contributed by atoms with Crippen LogP contribution in [-0.2, 0) is 0 Å². The van der Waals surface area contributed by atoms with E-state index < -0.39 is 0 Å². The zero-order valence-corrected chi connectivity index (χ0v) is 7.43. The minimum absolute atomic E-state index is 0.341. The molecule has 0 aliphatic heterocycles. The highest BCUT2D eigenvalue weighted by Crippen LogP contribution is 2.41. The van der Waals surface area contributed by atoms with Crippen molar-refractivity contribution in [2.24, 2.45) is 5.92 Å². The average molecular weight is 162 g/mol. The highest BCUT2D eigenvalue weighted by Gasteiger charge is 2.43. The number of nitrogens with zero attached hydrogens (tertiary/aromatic N) is 1. The van der Waals surface area contributed by atoms with E-state index in [0.29, 0.717) is 12.5 Å². The third-order valence-electron chi connectivity index (χ3n) is 2.54. The van der Waals surface area contributed by atoms with E-state index in [1.807, 2.05) is 6.92 Å². The van der Waals surface area contributed by atoms with Crippen LogP contribution in [0.2, 0.25) is 0 Å². The van der Waals surface area contributed by atoms with Gasteiger partial charge < -0.3 is 0 Å². The molecule has 64 valence electrons. The van der Waals surface area contributed by atoms with Gasteiger partial charge in [0.1, 0.15) is 5.54 Å². The number of terminal acetylenes is 1. The van der Waals surface area contributed by atoms with Crippen molar-refractivity contribution in [1.82, 2.24) is 5.32 Å². The molecule has 0 heterocycles. The normalized spacial score (nSPS) is 20.6. The third kappa shape index (κ3) is 1.60. The van der Waals surface area contributed by atoms with Gasteiger partial charge in [0, 0.05) is 0 Å². The Morgan fingerprint density at radius 2 is 2.33 bits per heavy atom. The van der Waals surface area contributed by atoms with Crippen LogP contribution in [0, 0.1) is 29.6 Å². The predicted molar refractivity (Wildman–Crippen MR) is 48.2 cm³/mol. The molecule has 1 saturated carbocycles. The Labute approximate surface area is 74.0 Å². The molecule has 1 rings (SSSR count). The summed E-state index contributed by atoms with van der Waals surface area (Å²) in [6.45, 7) is 2.53. The molecule has 0 amide bonds. The lowest BCUT2D eigenvalue weighted by Gasteiger charge is -2.25. The molecule has 1 unspecified atom stereocenters. The van der Waals surface area contributed by atoms with E-state index in [0.717, 1.165) is 6.42 Å². The van der Waals surface area contributed by atoms with Crippen LogP contribution in [0.15, 0.2) is 0 Å². The molecule has 1 aliphatic carbocycles. The predicted octanol–water partition coefficient (Wildman–Crippen LogP) is 1.29. The van der Waals surface area contributed by atoms with Crippen molar-refractivity contribution in [3.05, 3.63) is 0 Å². The number of nitrogens with one attached hydrogen (secondary N) is 1. The Bertz CT molecular complexity index is 229. The molecule has 0 aromatic carbocycles. The lowest BCUT2D eigenvalue weighted by Crippen LogP contribution is -2.45. The van der Waals surface area contributed by atoms with Gasteiger partial charge in [-0.25, -0.2) is 0 Å². The first kappa shape index (κ1) is 9.10. The molecular formula is C10H14N2. The Morgan fingerprint density at radius 1 is 1.67 bits per heavy atom. The van der Waals surface area contributed by atoms with Crippen molar-refractivity contribution in [3.8, 4) is 18.4 Å². The summed E-state index contributed by atoms with van der Waals surface area (Å²) in [5, 5.41) is 12.2. The highest BCUT2D eigenvalue weighted by atomic mass is 15.0. The van der Waals surface area contributed by atoms with Crippen LogP contribution in [0.4, 0.5) is 0 Å². The van der Waals surface area contributed by atoms with Gasteiger partial charge in [-0.15, -0.1) is 6.42 Å². The molecule has 1 fully saturated rings. The molecule has 0 aromatic rings. The van der Waals surface area contributed by atoms with Crippen LogP contribution in [0.3, 0.4) is 0 Å². The summed E-state index contributed by atoms with van der Waals surface area (Å²) in [6.07, 6.45) is 8.32. The van der Waals surface area contributed by atoms with Gasteiger partial charge >= 0.3 is 0 Å². The smallest absolute Gasteiger partial charge is 0.110 e. The number of nitriles is 1. The van der Waals surface area contributed by atoms with Gasteiger partial charge in [-0.05, 0) is 25.2 Å². The number of rotatable bonds is 4. The summed E-state index contributed by atoms with van der Waals surface area (Å²) in [5.41, 5.74) is -0.341. The second-order valence-electron chi connectivity index (χ2n) is 3.27. The third-order valence-corrected chi connectivity index (χ3v) is 2.54. The summed E-state index contributed by atoms with van der Waals surface area (Å²) in [6, 6.07) is 2.36. The Hall–Kier alpha value is -0.990. The molecule has 1 aliphatic rings. The molecule has 0 radical (unpaired) electrons. The zero-order valence-electron chi connectivity index (χ0n) is 7.43. The molecule has 2 nitrogen and oxygen atoms in total. The van der Waals surface area contributed by atoms with Crippen molar-refractivity contribution < 1.29 is 0 Å². The van der Waals surface area contributed by atoms with Crippen LogP contribution >= 0.6 is 0 Å². The second kappa shape index (κ2) is 3.61. The molecule has 0 bridgehead atoms. The first-order valence-electron chi connectivity index (χ1n) is 4.39. The number of hydrogen-bond donors (Lipinski definition) is 1. The maximum Gasteiger partial charge on any atom is 0.110 e. The van der Waals surface area contributed by atoms with E-state index in [9.17, 15) is 0 Å². The summed E-state index contributed by atoms with van der Waals surface area (Å²) in [4.78, 5) is 0. The maximum absolute atomic E-state index is 9.03. The van der Waals surface area contributed by atoms with Gasteiger partial charge in [-0.2, -0.15) is 5.26 Å². The maximum atomic E-state index is 9.03. The Balaban J connectivity index is 2.58. The Kier molecular flexibility index (Phi) is 2.74. The summed E-state index contributed by atoms with van der Waals surface area (Å²) in [5.74, 6) is 3.04. The van der Waals surface area contributed by atoms with Crippen LogP contribution in [0.5, 0.6) is 0 Å². The van der Waals surface area contributed by atoms with E-state index in [2.05, 4.69) is 17.3 Å². The largest absolute Gasteiger partial charge is 0.288 e. The Morgan fingerprint density at radius 3 is 2.67 bits per heavy atom. The van der Waals surface area contributed by atoms with Crippen LogP contribution in [0.25, 0.3) is 0 Å². The van der Waals surface area contributed by atoms with Gasteiger partial charge in [0.05, 0.1) is 12.6 Å². The zero-order chi connectivity index (χ0) is 9.03. The molecule has 12 heavy (non-hydrogen) atoms. The lowest BCUT2D eigenvalue weighted by atomic mass is 9.92. The molecule has 0 saturated heterocycles. The van der Waals surface area contributed by atoms with Gasteiger partial charge in [0.2, 0.25) is 0 Å². The first-order valence-corrected chi connectivity index (χ1v) is 4.39. The minimum Gasteiger partial charge on any atom is -0.288 e. The lowest BCUT2D eigenvalue weighted by molar-refractivity contribution is 0.370. The molecule has 0 spiro atoms. The van der Waals surface area contributed by atoms with Crippen molar-refractivity contribution in [2.75, 3.05) is 6.54 Å². The number of hydrogen-bond acceptors (Lipinski definition) is 2. The monoisotopic (exact) mass is 162 g/mol. The van der Waals surface area contributed by atoms with Gasteiger partial charge in [-0.1, -0.05) is 12.8 Å². The van der Waals surface area contributed by atoms with Gasteiger partial charge in [-0.3, -0.25) is 5.32 Å². The fraction of sp³-hybridized carbons (Fsp3) is 0.700. The van der Waals surface area contributed by atoms with E-state index >= 15 is 0 Å². The minimum atomic E-state index is -0.341.